The van der Waals surface area contributed by atoms with Crippen molar-refractivity contribution in [2.75, 3.05) is 11.5 Å². The molecule has 1 aliphatic heterocycles. The zero-order valence-electron chi connectivity index (χ0n) is 15.5. The average Bonchev–Trinajstić information content (AvgIpc) is 2.75. The highest BCUT2D eigenvalue weighted by atomic mass is 32.2. The van der Waals surface area contributed by atoms with Gasteiger partial charge in [0, 0.05) is 9.79 Å². The molecule has 1 heterocycles. The number of benzene rings is 3. The Morgan fingerprint density at radius 3 is 2.07 bits per heavy atom. The van der Waals surface area contributed by atoms with Gasteiger partial charge in [-0.2, -0.15) is 8.78 Å². The van der Waals surface area contributed by atoms with Crippen LogP contribution in [-0.2, 0) is 9.53 Å². The zero-order valence-corrected chi connectivity index (χ0v) is 16.3. The number of halogens is 2. The summed E-state index contributed by atoms with van der Waals surface area (Å²) in [6.45, 7) is -3.64. The molecule has 1 amide bonds. The molecule has 0 aromatic heterocycles. The van der Waals surface area contributed by atoms with Gasteiger partial charge in [0.15, 0.2) is 6.61 Å². The predicted octanol–water partition coefficient (Wildman–Crippen LogP) is 5.27. The van der Waals surface area contributed by atoms with E-state index in [9.17, 15) is 18.4 Å². The van der Waals surface area contributed by atoms with Crippen LogP contribution in [0.2, 0.25) is 0 Å². The van der Waals surface area contributed by atoms with E-state index in [0.717, 1.165) is 9.79 Å². The molecule has 3 aromatic rings. The second-order valence-electron chi connectivity index (χ2n) is 6.22. The highest BCUT2D eigenvalue weighted by Crippen LogP contribution is 2.47. The van der Waals surface area contributed by atoms with Crippen LogP contribution < -0.4 is 9.64 Å². The fourth-order valence-corrected chi connectivity index (χ4v) is 4.13. The number of amides is 1. The van der Waals surface area contributed by atoms with Gasteiger partial charge in [0.25, 0.3) is 5.91 Å². The molecular weight excluding hydrogens is 412 g/mol. The largest absolute Gasteiger partial charge is 0.452 e. The number of alkyl halides is 2. The van der Waals surface area contributed by atoms with E-state index < -0.39 is 25.1 Å². The SMILES string of the molecule is O=C(OCC(=O)N1c2ccccc2Sc2ccccc21)c1ccccc1OC(F)F. The number of hydrogen-bond donors (Lipinski definition) is 0. The number of esters is 1. The van der Waals surface area contributed by atoms with Crippen LogP contribution in [0.15, 0.2) is 82.6 Å². The van der Waals surface area contributed by atoms with Crippen LogP contribution in [0.3, 0.4) is 0 Å². The summed E-state index contributed by atoms with van der Waals surface area (Å²) in [4.78, 5) is 28.7. The maximum absolute atomic E-state index is 13.0. The highest BCUT2D eigenvalue weighted by molar-refractivity contribution is 7.99. The first-order chi connectivity index (χ1) is 14.5. The van der Waals surface area contributed by atoms with Gasteiger partial charge in [-0.25, -0.2) is 4.79 Å². The van der Waals surface area contributed by atoms with Crippen molar-refractivity contribution >= 4 is 35.0 Å². The van der Waals surface area contributed by atoms with Crippen molar-refractivity contribution in [3.8, 4) is 5.75 Å². The number of anilines is 2. The molecule has 30 heavy (non-hydrogen) atoms. The molecule has 0 atom stereocenters. The highest BCUT2D eigenvalue weighted by Gasteiger charge is 2.29. The third kappa shape index (κ3) is 3.99. The van der Waals surface area contributed by atoms with Gasteiger partial charge in [0.2, 0.25) is 0 Å². The summed E-state index contributed by atoms with van der Waals surface area (Å²) in [7, 11) is 0. The van der Waals surface area contributed by atoms with Crippen molar-refractivity contribution < 1.29 is 27.8 Å². The fourth-order valence-electron chi connectivity index (χ4n) is 3.08. The van der Waals surface area contributed by atoms with Gasteiger partial charge < -0.3 is 9.47 Å². The monoisotopic (exact) mass is 427 g/mol. The van der Waals surface area contributed by atoms with Crippen LogP contribution in [0, 0.1) is 0 Å². The number of fused-ring (bicyclic) bond motifs is 2. The molecule has 0 bridgehead atoms. The maximum Gasteiger partial charge on any atom is 0.387 e. The zero-order chi connectivity index (χ0) is 21.1. The Balaban J connectivity index is 1.55. The summed E-state index contributed by atoms with van der Waals surface area (Å²) in [6, 6.07) is 20.3. The van der Waals surface area contributed by atoms with Gasteiger partial charge in [-0.05, 0) is 36.4 Å². The third-order valence-corrected chi connectivity index (χ3v) is 5.46. The number of rotatable bonds is 5. The molecular formula is C22H15F2NO4S. The van der Waals surface area contributed by atoms with Crippen molar-refractivity contribution in [1.29, 1.82) is 0 Å². The first-order valence-electron chi connectivity index (χ1n) is 8.94. The Labute approximate surface area is 175 Å². The van der Waals surface area contributed by atoms with Crippen LogP contribution in [0.4, 0.5) is 20.2 Å². The van der Waals surface area contributed by atoms with Gasteiger partial charge in [-0.3, -0.25) is 9.69 Å². The predicted molar refractivity (Wildman–Crippen MR) is 108 cm³/mol. The van der Waals surface area contributed by atoms with Gasteiger partial charge in [0.1, 0.15) is 11.3 Å². The normalized spacial score (nSPS) is 12.2. The number of para-hydroxylation sites is 3. The van der Waals surface area contributed by atoms with Crippen LogP contribution >= 0.6 is 11.8 Å². The second kappa shape index (κ2) is 8.54. The Hall–Kier alpha value is -3.39. The first kappa shape index (κ1) is 19.9. The lowest BCUT2D eigenvalue weighted by Gasteiger charge is -2.30. The first-order valence-corrected chi connectivity index (χ1v) is 9.76. The minimum atomic E-state index is -3.08. The van der Waals surface area contributed by atoms with E-state index in [1.165, 1.54) is 29.2 Å². The van der Waals surface area contributed by atoms with Crippen LogP contribution in [0.5, 0.6) is 5.75 Å². The van der Waals surface area contributed by atoms with Crippen LogP contribution in [0.1, 0.15) is 10.4 Å². The van der Waals surface area contributed by atoms with E-state index in [2.05, 4.69) is 4.74 Å². The van der Waals surface area contributed by atoms with Gasteiger partial charge in [0.05, 0.1) is 11.4 Å². The van der Waals surface area contributed by atoms with Crippen LogP contribution in [-0.4, -0.2) is 25.1 Å². The van der Waals surface area contributed by atoms with E-state index >= 15 is 0 Å². The molecule has 0 spiro atoms. The molecule has 0 saturated heterocycles. The quantitative estimate of drug-likeness (QED) is 0.519. The average molecular weight is 427 g/mol. The topological polar surface area (TPSA) is 55.8 Å². The maximum atomic E-state index is 13.0. The van der Waals surface area contributed by atoms with E-state index in [0.29, 0.717) is 11.4 Å². The van der Waals surface area contributed by atoms with Crippen molar-refractivity contribution in [1.82, 2.24) is 0 Å². The lowest BCUT2D eigenvalue weighted by atomic mass is 10.2. The number of carbonyl (C=O) groups excluding carboxylic acids is 2. The number of carbonyl (C=O) groups is 2. The Morgan fingerprint density at radius 1 is 0.867 bits per heavy atom. The molecule has 8 heteroatoms. The van der Waals surface area contributed by atoms with E-state index in [-0.39, 0.29) is 11.3 Å². The smallest absolute Gasteiger partial charge is 0.387 e. The summed E-state index contributed by atoms with van der Waals surface area (Å²) in [5.41, 5.74) is 1.19. The van der Waals surface area contributed by atoms with Crippen molar-refractivity contribution in [2.24, 2.45) is 0 Å². The van der Waals surface area contributed by atoms with Gasteiger partial charge >= 0.3 is 12.6 Å². The number of hydrogen-bond acceptors (Lipinski definition) is 5. The van der Waals surface area contributed by atoms with Gasteiger partial charge in [-0.1, -0.05) is 48.2 Å². The fraction of sp³-hybridized carbons (Fsp3) is 0.0909. The lowest BCUT2D eigenvalue weighted by Crippen LogP contribution is -2.32. The second-order valence-corrected chi connectivity index (χ2v) is 7.30. The van der Waals surface area contributed by atoms with Crippen LogP contribution in [0.25, 0.3) is 0 Å². The number of nitrogens with zero attached hydrogens (tertiary/aromatic N) is 1. The summed E-state index contributed by atoms with van der Waals surface area (Å²) in [5.74, 6) is -1.70. The van der Waals surface area contributed by atoms with E-state index in [4.69, 9.17) is 4.74 Å². The minimum Gasteiger partial charge on any atom is -0.452 e. The third-order valence-electron chi connectivity index (χ3n) is 4.33. The van der Waals surface area contributed by atoms with Crippen molar-refractivity contribution in [3.63, 3.8) is 0 Å². The Kier molecular flexibility index (Phi) is 5.67. The number of ether oxygens (including phenoxy) is 2. The molecule has 5 nitrogen and oxygen atoms in total. The van der Waals surface area contributed by atoms with Crippen molar-refractivity contribution in [3.05, 3.63) is 78.4 Å². The van der Waals surface area contributed by atoms with E-state index in [1.807, 2.05) is 48.5 Å². The standard InChI is InChI=1S/C22H15F2NO4S/c23-22(24)29-17-10-4-1-7-14(17)21(27)28-13-20(26)25-15-8-2-5-11-18(15)30-19-12-6-3-9-16(19)25/h1-12,22H,13H2. The molecule has 0 unspecified atom stereocenters. The molecule has 0 saturated carbocycles. The summed E-state index contributed by atoms with van der Waals surface area (Å²) in [6.07, 6.45) is 0. The molecule has 0 aliphatic carbocycles. The molecule has 0 radical (unpaired) electrons. The lowest BCUT2D eigenvalue weighted by molar-refractivity contribution is -0.121. The minimum absolute atomic E-state index is 0.180. The molecule has 0 N–H and O–H groups in total. The molecule has 4 rings (SSSR count). The molecule has 152 valence electrons. The van der Waals surface area contributed by atoms with Crippen molar-refractivity contribution in [2.45, 2.75) is 16.4 Å². The Morgan fingerprint density at radius 2 is 1.43 bits per heavy atom. The van der Waals surface area contributed by atoms with E-state index in [1.54, 1.807) is 11.8 Å². The molecule has 3 aromatic carbocycles. The summed E-state index contributed by atoms with van der Waals surface area (Å²) in [5, 5.41) is 0. The summed E-state index contributed by atoms with van der Waals surface area (Å²) >= 11 is 1.54. The summed E-state index contributed by atoms with van der Waals surface area (Å²) < 4.78 is 34.6. The Bertz CT molecular complexity index is 1060. The molecule has 1 aliphatic rings. The molecule has 0 fully saturated rings. The van der Waals surface area contributed by atoms with Gasteiger partial charge in [-0.15, -0.1) is 0 Å².